The SMILES string of the molecule is C/C=C(\C=C/CCl)C(/C=C\CCCC(=O)NCCCN=C(N)C1(C)C=CC=CC1(C)CN)=C/CC.CC. The van der Waals surface area contributed by atoms with Crippen molar-refractivity contribution in [1.29, 1.82) is 0 Å². The first kappa shape index (κ1) is 34.6. The summed E-state index contributed by atoms with van der Waals surface area (Å²) >= 11 is 5.77. The van der Waals surface area contributed by atoms with Gasteiger partial charge in [-0.2, -0.15) is 0 Å². The molecule has 0 aromatic heterocycles. The van der Waals surface area contributed by atoms with E-state index in [2.05, 4.69) is 67.5 Å². The normalized spacial score (nSPS) is 22.4. The Labute approximate surface area is 231 Å². The number of halogens is 1. The third-order valence-corrected chi connectivity index (χ3v) is 6.79. The minimum atomic E-state index is -0.409. The number of nitrogens with zero attached hydrogens (tertiary/aromatic N) is 1. The van der Waals surface area contributed by atoms with Gasteiger partial charge in [-0.1, -0.05) is 88.5 Å². The Hall–Kier alpha value is -2.37. The number of carbonyl (C=O) groups is 1. The van der Waals surface area contributed by atoms with Crippen molar-refractivity contribution in [2.24, 2.45) is 27.3 Å². The molecule has 0 aromatic carbocycles. The van der Waals surface area contributed by atoms with Crippen LogP contribution in [0.3, 0.4) is 0 Å². The van der Waals surface area contributed by atoms with Crippen LogP contribution in [0.15, 0.2) is 76.9 Å². The molecule has 0 aromatic rings. The standard InChI is InChI=1S/C29H45ClN4O.C2H6/c1-5-14-25(24(6-2)16-12-20-30)15-8-7-9-17-26(35)33-21-13-22-34-27(32)29(4)19-11-10-18-28(29,3)23-31;1-2/h6,8,10-12,14-16,18-19H,5,7,9,13,17,20-23,31H2,1-4H3,(H2,32,34)(H,33,35);1-2H3/b15-8-,16-12-,24-6+,25-14+;. The van der Waals surface area contributed by atoms with Gasteiger partial charge in [0.15, 0.2) is 0 Å². The molecule has 2 atom stereocenters. The van der Waals surface area contributed by atoms with E-state index in [1.807, 2.05) is 45.1 Å². The number of unbranched alkanes of at least 4 members (excludes halogenated alkanes) is 1. The molecule has 5 N–H and O–H groups in total. The van der Waals surface area contributed by atoms with Crippen LogP contribution in [0.1, 0.15) is 73.6 Å². The van der Waals surface area contributed by atoms with Gasteiger partial charge in [-0.25, -0.2) is 0 Å². The molecule has 0 heterocycles. The van der Waals surface area contributed by atoms with E-state index >= 15 is 0 Å². The molecule has 208 valence electrons. The van der Waals surface area contributed by atoms with Crippen LogP contribution in [0.25, 0.3) is 0 Å². The second-order valence-corrected chi connectivity index (χ2v) is 9.48. The molecule has 5 nitrogen and oxygen atoms in total. The number of hydrogen-bond donors (Lipinski definition) is 3. The molecule has 37 heavy (non-hydrogen) atoms. The zero-order chi connectivity index (χ0) is 28.2. The summed E-state index contributed by atoms with van der Waals surface area (Å²) in [5.41, 5.74) is 14.0. The van der Waals surface area contributed by atoms with Crippen molar-refractivity contribution < 1.29 is 4.79 Å². The summed E-state index contributed by atoms with van der Waals surface area (Å²) in [6.45, 7) is 14.0. The summed E-state index contributed by atoms with van der Waals surface area (Å²) in [7, 11) is 0. The molecule has 2 unspecified atom stereocenters. The van der Waals surface area contributed by atoms with Crippen LogP contribution in [0.4, 0.5) is 0 Å². The third kappa shape index (κ3) is 11.7. The molecule has 0 fully saturated rings. The van der Waals surface area contributed by atoms with Crippen molar-refractivity contribution in [2.45, 2.75) is 73.6 Å². The maximum atomic E-state index is 12.2. The van der Waals surface area contributed by atoms with Crippen molar-refractivity contribution >= 4 is 23.3 Å². The predicted octanol–water partition coefficient (Wildman–Crippen LogP) is 6.78. The van der Waals surface area contributed by atoms with Gasteiger partial charge >= 0.3 is 0 Å². The lowest BCUT2D eigenvalue weighted by molar-refractivity contribution is -0.121. The lowest BCUT2D eigenvalue weighted by Gasteiger charge is -2.43. The maximum absolute atomic E-state index is 12.2. The molecule has 0 saturated carbocycles. The van der Waals surface area contributed by atoms with Crippen LogP contribution < -0.4 is 16.8 Å². The predicted molar refractivity (Wildman–Crippen MR) is 164 cm³/mol. The lowest BCUT2D eigenvalue weighted by Crippen LogP contribution is -2.50. The van der Waals surface area contributed by atoms with Gasteiger partial charge in [-0.05, 0) is 50.7 Å². The second kappa shape index (κ2) is 19.7. The molecule has 0 aliphatic heterocycles. The Bertz CT molecular complexity index is 882. The molecule has 0 spiro atoms. The maximum Gasteiger partial charge on any atom is 0.220 e. The van der Waals surface area contributed by atoms with E-state index in [9.17, 15) is 4.79 Å². The fraction of sp³-hybridized carbons (Fsp3) is 0.548. The van der Waals surface area contributed by atoms with E-state index in [1.165, 1.54) is 5.57 Å². The first-order valence-electron chi connectivity index (χ1n) is 13.7. The second-order valence-electron chi connectivity index (χ2n) is 9.18. The van der Waals surface area contributed by atoms with Crippen LogP contribution in [-0.4, -0.2) is 37.3 Å². The number of amidine groups is 1. The fourth-order valence-electron chi connectivity index (χ4n) is 3.92. The number of hydrogen-bond acceptors (Lipinski definition) is 3. The van der Waals surface area contributed by atoms with Crippen LogP contribution >= 0.6 is 11.6 Å². The van der Waals surface area contributed by atoms with Gasteiger partial charge in [0.2, 0.25) is 5.91 Å². The molecular formula is C31H51ClN4O. The summed E-state index contributed by atoms with van der Waals surface area (Å²) in [5.74, 6) is 1.15. The topological polar surface area (TPSA) is 93.5 Å². The molecule has 6 heteroatoms. The van der Waals surface area contributed by atoms with Gasteiger partial charge in [0.25, 0.3) is 0 Å². The van der Waals surface area contributed by atoms with E-state index in [0.717, 1.165) is 31.3 Å². The van der Waals surface area contributed by atoms with Gasteiger partial charge in [-0.15, -0.1) is 11.6 Å². The van der Waals surface area contributed by atoms with Crippen LogP contribution in [-0.2, 0) is 4.79 Å². The van der Waals surface area contributed by atoms with E-state index in [1.54, 1.807) is 0 Å². The fourth-order valence-corrected chi connectivity index (χ4v) is 4.01. The van der Waals surface area contributed by atoms with E-state index in [4.69, 9.17) is 23.1 Å². The van der Waals surface area contributed by atoms with Crippen molar-refractivity contribution in [1.82, 2.24) is 5.32 Å². The highest BCUT2D eigenvalue weighted by Crippen LogP contribution is 2.43. The average Bonchev–Trinajstić information content (AvgIpc) is 2.91. The number of alkyl halides is 1. The van der Waals surface area contributed by atoms with E-state index < -0.39 is 5.41 Å². The number of nitrogens with two attached hydrogens (primary N) is 2. The molecule has 0 saturated heterocycles. The van der Waals surface area contributed by atoms with Crippen LogP contribution in [0.5, 0.6) is 0 Å². The van der Waals surface area contributed by atoms with Crippen LogP contribution in [0, 0.1) is 10.8 Å². The molecule has 1 aliphatic carbocycles. The van der Waals surface area contributed by atoms with Gasteiger partial charge in [0.05, 0.1) is 5.41 Å². The molecule has 0 radical (unpaired) electrons. The quantitative estimate of drug-likeness (QED) is 0.0716. The number of rotatable bonds is 15. The Kier molecular flexibility index (Phi) is 18.4. The lowest BCUT2D eigenvalue weighted by atomic mass is 9.62. The summed E-state index contributed by atoms with van der Waals surface area (Å²) in [6, 6.07) is 0. The zero-order valence-corrected chi connectivity index (χ0v) is 24.8. The Balaban J connectivity index is 0.00000631. The summed E-state index contributed by atoms with van der Waals surface area (Å²) in [6.07, 6.45) is 24.6. The largest absolute Gasteiger partial charge is 0.387 e. The molecule has 0 bridgehead atoms. The average molecular weight is 531 g/mol. The number of amides is 1. The summed E-state index contributed by atoms with van der Waals surface area (Å²) in [4.78, 5) is 16.8. The van der Waals surface area contributed by atoms with E-state index in [-0.39, 0.29) is 11.3 Å². The third-order valence-electron chi connectivity index (χ3n) is 6.61. The Morgan fingerprint density at radius 1 is 1.08 bits per heavy atom. The minimum Gasteiger partial charge on any atom is -0.387 e. The van der Waals surface area contributed by atoms with Crippen molar-refractivity contribution in [3.63, 3.8) is 0 Å². The minimum absolute atomic E-state index is 0.0712. The molecular weight excluding hydrogens is 480 g/mol. The molecule has 1 amide bonds. The smallest absolute Gasteiger partial charge is 0.220 e. The van der Waals surface area contributed by atoms with Crippen molar-refractivity contribution in [2.75, 3.05) is 25.5 Å². The highest BCUT2D eigenvalue weighted by Gasteiger charge is 2.44. The Morgan fingerprint density at radius 3 is 2.38 bits per heavy atom. The number of aliphatic imine (C=N–C) groups is 1. The van der Waals surface area contributed by atoms with Crippen molar-refractivity contribution in [3.05, 3.63) is 71.9 Å². The molecule has 1 aliphatic rings. The van der Waals surface area contributed by atoms with Gasteiger partial charge < -0.3 is 16.8 Å². The first-order chi connectivity index (χ1) is 17.8. The summed E-state index contributed by atoms with van der Waals surface area (Å²) < 4.78 is 0. The molecule has 1 rings (SSSR count). The van der Waals surface area contributed by atoms with Gasteiger partial charge in [0, 0.05) is 37.4 Å². The number of nitrogens with one attached hydrogen (secondary N) is 1. The number of carbonyl (C=O) groups excluding carboxylic acids is 1. The summed E-state index contributed by atoms with van der Waals surface area (Å²) in [5, 5.41) is 2.98. The highest BCUT2D eigenvalue weighted by atomic mass is 35.5. The first-order valence-corrected chi connectivity index (χ1v) is 14.2. The zero-order valence-electron chi connectivity index (χ0n) is 24.0. The van der Waals surface area contributed by atoms with Gasteiger partial charge in [0.1, 0.15) is 5.84 Å². The van der Waals surface area contributed by atoms with Gasteiger partial charge in [-0.3, -0.25) is 9.79 Å². The van der Waals surface area contributed by atoms with E-state index in [0.29, 0.717) is 37.8 Å². The monoisotopic (exact) mass is 530 g/mol. The van der Waals surface area contributed by atoms with Crippen molar-refractivity contribution in [3.8, 4) is 0 Å². The highest BCUT2D eigenvalue weighted by molar-refractivity contribution is 6.18. The Morgan fingerprint density at radius 2 is 1.76 bits per heavy atom. The number of allylic oxidation sites excluding steroid dienone is 10. The van der Waals surface area contributed by atoms with Crippen LogP contribution in [0.2, 0.25) is 0 Å².